The van der Waals surface area contributed by atoms with Crippen molar-refractivity contribution in [2.45, 2.75) is 25.8 Å². The van der Waals surface area contributed by atoms with Crippen LogP contribution in [0.5, 0.6) is 0 Å². The molecule has 198 valence electrons. The summed E-state index contributed by atoms with van der Waals surface area (Å²) in [6.45, 7) is 7.16. The predicted octanol–water partition coefficient (Wildman–Crippen LogP) is 4.86. The molecule has 6 rings (SSSR count). The molecule has 2 N–H and O–H groups in total. The summed E-state index contributed by atoms with van der Waals surface area (Å²) in [5.74, 6) is 1.33. The van der Waals surface area contributed by atoms with Crippen LogP contribution in [0.1, 0.15) is 34.8 Å². The molecule has 1 saturated heterocycles. The Balaban J connectivity index is 1.32. The third kappa shape index (κ3) is 4.26. The van der Waals surface area contributed by atoms with Crippen LogP contribution < -0.4 is 10.6 Å². The van der Waals surface area contributed by atoms with Gasteiger partial charge in [-0.1, -0.05) is 36.9 Å². The molecule has 4 aromatic rings. The Kier molecular flexibility index (Phi) is 6.17. The van der Waals surface area contributed by atoms with E-state index in [4.69, 9.17) is 5.73 Å². The topological polar surface area (TPSA) is 97.4 Å². The number of carbonyl (C=O) groups is 2. The Morgan fingerprint density at radius 2 is 1.79 bits per heavy atom. The average molecular weight is 521 g/mol. The zero-order valence-electron chi connectivity index (χ0n) is 22.2. The minimum Gasteiger partial charge on any atom is -0.383 e. The van der Waals surface area contributed by atoms with E-state index in [9.17, 15) is 9.59 Å². The molecule has 8 nitrogen and oxygen atoms in total. The number of hydrogen-bond donors (Lipinski definition) is 1. The van der Waals surface area contributed by atoms with Crippen LogP contribution in [0.15, 0.2) is 73.7 Å². The first-order valence-electron chi connectivity index (χ1n) is 13.3. The molecular weight excluding hydrogens is 488 g/mol. The van der Waals surface area contributed by atoms with Gasteiger partial charge in [-0.3, -0.25) is 9.59 Å². The van der Waals surface area contributed by atoms with Crippen LogP contribution in [0.25, 0.3) is 22.2 Å². The van der Waals surface area contributed by atoms with Gasteiger partial charge in [-0.15, -0.1) is 0 Å². The Morgan fingerprint density at radius 1 is 1.08 bits per heavy atom. The first-order chi connectivity index (χ1) is 18.9. The molecule has 2 aromatic carbocycles. The van der Waals surface area contributed by atoms with Gasteiger partial charge in [0, 0.05) is 49.2 Å². The number of aromatic nitrogens is 3. The largest absolute Gasteiger partial charge is 0.383 e. The van der Waals surface area contributed by atoms with Crippen molar-refractivity contribution in [1.29, 1.82) is 0 Å². The van der Waals surface area contributed by atoms with Crippen LogP contribution >= 0.6 is 0 Å². The van der Waals surface area contributed by atoms with Crippen molar-refractivity contribution in [3.63, 3.8) is 0 Å². The number of fused-ring (bicyclic) bond motifs is 2. The summed E-state index contributed by atoms with van der Waals surface area (Å²) in [6.07, 6.45) is 7.03. The number of amides is 2. The van der Waals surface area contributed by atoms with E-state index in [2.05, 4.69) is 27.3 Å². The van der Waals surface area contributed by atoms with E-state index in [1.165, 1.54) is 12.4 Å². The maximum Gasteiger partial charge on any atom is 0.258 e. The van der Waals surface area contributed by atoms with E-state index in [-0.39, 0.29) is 17.9 Å². The number of hydrogen-bond acceptors (Lipinski definition) is 5. The van der Waals surface area contributed by atoms with Crippen LogP contribution in [-0.2, 0) is 4.79 Å². The molecule has 2 aliphatic rings. The number of carbonyl (C=O) groups excluding carboxylic acids is 2. The highest BCUT2D eigenvalue weighted by Gasteiger charge is 2.43. The van der Waals surface area contributed by atoms with Crippen LogP contribution in [0.3, 0.4) is 0 Å². The number of anilines is 2. The lowest BCUT2D eigenvalue weighted by Crippen LogP contribution is -2.28. The highest BCUT2D eigenvalue weighted by atomic mass is 16.2. The lowest BCUT2D eigenvalue weighted by molar-refractivity contribution is -0.125. The summed E-state index contributed by atoms with van der Waals surface area (Å²) in [5, 5.41) is 0.831. The average Bonchev–Trinajstić information content (AvgIpc) is 3.64. The van der Waals surface area contributed by atoms with Crippen molar-refractivity contribution >= 4 is 34.4 Å². The van der Waals surface area contributed by atoms with Gasteiger partial charge in [0.1, 0.15) is 17.8 Å². The van der Waals surface area contributed by atoms with Crippen molar-refractivity contribution in [2.24, 2.45) is 11.8 Å². The lowest BCUT2D eigenvalue weighted by atomic mass is 9.99. The third-order valence-electron chi connectivity index (χ3n) is 8.46. The number of nitrogen functional groups attached to an aromatic ring is 1. The fraction of sp³-hybridized carbons (Fsp3) is 0.290. The zero-order chi connectivity index (χ0) is 27.3. The van der Waals surface area contributed by atoms with Gasteiger partial charge in [-0.2, -0.15) is 0 Å². The van der Waals surface area contributed by atoms with E-state index in [0.29, 0.717) is 23.2 Å². The van der Waals surface area contributed by atoms with Gasteiger partial charge >= 0.3 is 0 Å². The van der Waals surface area contributed by atoms with Crippen molar-refractivity contribution < 1.29 is 9.59 Å². The lowest BCUT2D eigenvalue weighted by Gasteiger charge is -2.19. The van der Waals surface area contributed by atoms with Crippen molar-refractivity contribution in [3.05, 3.63) is 84.8 Å². The molecule has 1 aliphatic carbocycles. The highest BCUT2D eigenvalue weighted by molar-refractivity contribution is 6.07. The van der Waals surface area contributed by atoms with E-state index >= 15 is 0 Å². The molecule has 2 fully saturated rings. The van der Waals surface area contributed by atoms with Gasteiger partial charge in [0.05, 0.1) is 5.39 Å². The van der Waals surface area contributed by atoms with Crippen LogP contribution in [0, 0.1) is 18.8 Å². The van der Waals surface area contributed by atoms with E-state index in [1.807, 2.05) is 60.4 Å². The van der Waals surface area contributed by atoms with Crippen LogP contribution in [-0.4, -0.2) is 51.4 Å². The van der Waals surface area contributed by atoms with Crippen LogP contribution in [0.2, 0.25) is 0 Å². The standard InChI is InChI=1S/C31H32N6O2/c1-4-27(38)36-15-21-13-24(14-22(21)16-36)37-17-26(28-29(32)33-18-34-30(28)37)20-10-11-25(19(2)12-20)31(39)35(3)23-8-6-5-7-9-23/h4-12,17-18,21-22,24H,1,13-16H2,2-3H3,(H2,32,33,34). The highest BCUT2D eigenvalue weighted by Crippen LogP contribution is 2.46. The van der Waals surface area contributed by atoms with Crippen molar-refractivity contribution in [2.75, 3.05) is 30.8 Å². The van der Waals surface area contributed by atoms with Gasteiger partial charge in [0.25, 0.3) is 5.91 Å². The predicted molar refractivity (Wildman–Crippen MR) is 153 cm³/mol. The quantitative estimate of drug-likeness (QED) is 0.379. The molecule has 1 aliphatic heterocycles. The van der Waals surface area contributed by atoms with Crippen LogP contribution in [0.4, 0.5) is 11.5 Å². The fourth-order valence-corrected chi connectivity index (χ4v) is 6.43. The summed E-state index contributed by atoms with van der Waals surface area (Å²) in [7, 11) is 1.79. The Labute approximate surface area is 227 Å². The fourth-order valence-electron chi connectivity index (χ4n) is 6.43. The summed E-state index contributed by atoms with van der Waals surface area (Å²) < 4.78 is 2.25. The number of nitrogens with two attached hydrogens (primary N) is 1. The molecule has 0 spiro atoms. The SMILES string of the molecule is C=CC(=O)N1CC2CC(n3cc(-c4ccc(C(=O)N(C)c5ccccc5)c(C)c4)c4c(N)ncnc43)CC2C1. The monoisotopic (exact) mass is 520 g/mol. The Morgan fingerprint density at radius 3 is 2.46 bits per heavy atom. The summed E-state index contributed by atoms with van der Waals surface area (Å²) in [4.78, 5) is 37.9. The summed E-state index contributed by atoms with van der Waals surface area (Å²) >= 11 is 0. The number of aryl methyl sites for hydroxylation is 1. The Bertz CT molecular complexity index is 1580. The first kappa shape index (κ1) is 24.9. The number of rotatable bonds is 5. The molecule has 8 heteroatoms. The molecule has 2 aromatic heterocycles. The number of likely N-dealkylation sites (tertiary alicyclic amines) is 1. The van der Waals surface area contributed by atoms with Gasteiger partial charge < -0.3 is 20.1 Å². The normalized spacial score (nSPS) is 20.3. The van der Waals surface area contributed by atoms with E-state index in [0.717, 1.165) is 59.3 Å². The minimum atomic E-state index is -0.0583. The van der Waals surface area contributed by atoms with Crippen molar-refractivity contribution in [3.8, 4) is 11.1 Å². The van der Waals surface area contributed by atoms with Gasteiger partial charge in [0.2, 0.25) is 5.91 Å². The third-order valence-corrected chi connectivity index (χ3v) is 8.46. The second-order valence-electron chi connectivity index (χ2n) is 10.7. The number of benzene rings is 2. The van der Waals surface area contributed by atoms with Gasteiger partial charge in [-0.25, -0.2) is 9.97 Å². The Hall–Kier alpha value is -4.46. The second kappa shape index (κ2) is 9.69. The molecule has 2 unspecified atom stereocenters. The first-order valence-corrected chi connectivity index (χ1v) is 13.3. The smallest absolute Gasteiger partial charge is 0.258 e. The van der Waals surface area contributed by atoms with Crippen molar-refractivity contribution in [1.82, 2.24) is 19.4 Å². The van der Waals surface area contributed by atoms with E-state index in [1.54, 1.807) is 11.9 Å². The molecular formula is C31H32N6O2. The molecule has 0 bridgehead atoms. The number of para-hydroxylation sites is 1. The van der Waals surface area contributed by atoms with Gasteiger partial charge in [0.15, 0.2) is 0 Å². The zero-order valence-corrected chi connectivity index (χ0v) is 22.2. The minimum absolute atomic E-state index is 0.0161. The molecule has 39 heavy (non-hydrogen) atoms. The molecule has 3 heterocycles. The maximum absolute atomic E-state index is 13.3. The molecule has 2 amide bonds. The van der Waals surface area contributed by atoms with E-state index < -0.39 is 0 Å². The van der Waals surface area contributed by atoms with Gasteiger partial charge in [-0.05, 0) is 67.0 Å². The molecule has 2 atom stereocenters. The molecule has 0 radical (unpaired) electrons. The summed E-state index contributed by atoms with van der Waals surface area (Å²) in [6, 6.07) is 15.8. The molecule has 1 saturated carbocycles. The maximum atomic E-state index is 13.3. The number of nitrogens with zero attached hydrogens (tertiary/aromatic N) is 5. The summed E-state index contributed by atoms with van der Waals surface area (Å²) in [5.41, 5.74) is 11.5. The second-order valence-corrected chi connectivity index (χ2v) is 10.7.